The van der Waals surface area contributed by atoms with Crippen LogP contribution in [0.4, 0.5) is 14.5 Å². The fraction of sp³-hybridized carbons (Fsp3) is 0.150. The average Bonchev–Trinajstić information content (AvgIpc) is 3.16. The second kappa shape index (κ2) is 9.27. The van der Waals surface area contributed by atoms with Crippen molar-refractivity contribution in [1.29, 1.82) is 0 Å². The summed E-state index contributed by atoms with van der Waals surface area (Å²) in [5.41, 5.74) is 1.00. The number of carbonyl (C=O) groups is 1. The topological polar surface area (TPSA) is 60.7 Å². The Kier molecular flexibility index (Phi) is 6.54. The van der Waals surface area contributed by atoms with E-state index in [4.69, 9.17) is 9.15 Å². The Bertz CT molecular complexity index is 931. The van der Waals surface area contributed by atoms with Gasteiger partial charge in [0.05, 0.1) is 13.4 Å². The van der Waals surface area contributed by atoms with E-state index in [1.807, 2.05) is 30.3 Å². The molecule has 1 aromatic heterocycles. The highest BCUT2D eigenvalue weighted by atomic mass is 32.2. The lowest BCUT2D eigenvalue weighted by Crippen LogP contribution is -2.13. The van der Waals surface area contributed by atoms with Crippen LogP contribution in [0, 0.1) is 0 Å². The summed E-state index contributed by atoms with van der Waals surface area (Å²) in [7, 11) is 1.34. The molecule has 0 spiro atoms. The van der Waals surface area contributed by atoms with Crippen LogP contribution in [-0.2, 0) is 5.75 Å². The Morgan fingerprint density at radius 3 is 2.64 bits per heavy atom. The molecule has 0 saturated heterocycles. The maximum atomic E-state index is 12.6. The van der Waals surface area contributed by atoms with E-state index in [0.717, 1.165) is 10.5 Å². The molecule has 1 amide bonds. The Morgan fingerprint density at radius 1 is 1.14 bits per heavy atom. The minimum Gasteiger partial charge on any atom is -0.493 e. The molecule has 0 saturated carbocycles. The van der Waals surface area contributed by atoms with Crippen molar-refractivity contribution in [2.75, 3.05) is 12.4 Å². The molecule has 0 radical (unpaired) electrons. The number of anilines is 1. The Morgan fingerprint density at radius 2 is 1.93 bits per heavy atom. The number of hydrogen-bond donors (Lipinski definition) is 1. The number of halogens is 2. The lowest BCUT2D eigenvalue weighted by molar-refractivity contribution is -0.0511. The Balaban J connectivity index is 1.71. The number of methoxy groups -OCH3 is 1. The third kappa shape index (κ3) is 5.04. The normalized spacial score (nSPS) is 10.7. The van der Waals surface area contributed by atoms with Gasteiger partial charge in [0.15, 0.2) is 17.3 Å². The lowest BCUT2D eigenvalue weighted by atomic mass is 10.2. The second-order valence-corrected chi connectivity index (χ2v) is 6.62. The second-order valence-electron chi connectivity index (χ2n) is 5.57. The first-order valence-corrected chi connectivity index (χ1v) is 9.24. The number of hydrogen-bond acceptors (Lipinski definition) is 5. The summed E-state index contributed by atoms with van der Waals surface area (Å²) in [5.74, 6) is 0.189. The van der Waals surface area contributed by atoms with Crippen LogP contribution in [0.3, 0.4) is 0 Å². The lowest BCUT2D eigenvalue weighted by Gasteiger charge is -2.12. The molecule has 146 valence electrons. The molecule has 0 aliphatic rings. The fourth-order valence-corrected chi connectivity index (χ4v) is 3.36. The molecule has 3 rings (SSSR count). The summed E-state index contributed by atoms with van der Waals surface area (Å²) in [4.78, 5) is 13.6. The van der Waals surface area contributed by atoms with Crippen LogP contribution in [-0.4, -0.2) is 19.6 Å². The van der Waals surface area contributed by atoms with E-state index in [-0.39, 0.29) is 22.9 Å². The van der Waals surface area contributed by atoms with Crippen molar-refractivity contribution in [1.82, 2.24) is 0 Å². The molecule has 8 heteroatoms. The van der Waals surface area contributed by atoms with Crippen LogP contribution in [0.25, 0.3) is 0 Å². The van der Waals surface area contributed by atoms with Crippen LogP contribution in [0.15, 0.2) is 70.2 Å². The summed E-state index contributed by atoms with van der Waals surface area (Å²) < 4.78 is 39.8. The van der Waals surface area contributed by atoms with Crippen molar-refractivity contribution in [2.24, 2.45) is 0 Å². The van der Waals surface area contributed by atoms with Gasteiger partial charge in [-0.2, -0.15) is 8.78 Å². The first-order chi connectivity index (χ1) is 13.6. The van der Waals surface area contributed by atoms with Gasteiger partial charge in [0.2, 0.25) is 0 Å². The summed E-state index contributed by atoms with van der Waals surface area (Å²) in [6.45, 7) is -3.01. The van der Waals surface area contributed by atoms with Crippen LogP contribution in [0.1, 0.15) is 16.1 Å². The van der Waals surface area contributed by atoms with Crippen molar-refractivity contribution in [3.05, 3.63) is 72.2 Å². The number of ether oxygens (including phenoxy) is 2. The quantitative estimate of drug-likeness (QED) is 0.506. The number of furan rings is 1. The highest BCUT2D eigenvalue weighted by Crippen LogP contribution is 2.32. The van der Waals surface area contributed by atoms with Gasteiger partial charge >= 0.3 is 6.61 Å². The van der Waals surface area contributed by atoms with Gasteiger partial charge in [0.25, 0.3) is 5.91 Å². The minimum absolute atomic E-state index is 0.135. The zero-order valence-electron chi connectivity index (χ0n) is 14.9. The Labute approximate surface area is 164 Å². The molecular weight excluding hydrogens is 388 g/mol. The maximum Gasteiger partial charge on any atom is 0.387 e. The first kappa shape index (κ1) is 19.8. The van der Waals surface area contributed by atoms with E-state index in [1.54, 1.807) is 17.8 Å². The summed E-state index contributed by atoms with van der Waals surface area (Å²) >= 11 is 1.57. The van der Waals surface area contributed by atoms with E-state index in [0.29, 0.717) is 5.75 Å². The molecule has 28 heavy (non-hydrogen) atoms. The monoisotopic (exact) mass is 405 g/mol. The molecule has 0 fully saturated rings. The van der Waals surface area contributed by atoms with E-state index in [9.17, 15) is 13.6 Å². The van der Waals surface area contributed by atoms with Gasteiger partial charge in [-0.1, -0.05) is 18.2 Å². The van der Waals surface area contributed by atoms with Gasteiger partial charge in [0.1, 0.15) is 0 Å². The number of carbonyl (C=O) groups excluding carboxylic acids is 1. The third-order valence-corrected chi connectivity index (χ3v) is 4.79. The van der Waals surface area contributed by atoms with E-state index >= 15 is 0 Å². The van der Waals surface area contributed by atoms with Crippen LogP contribution >= 0.6 is 11.8 Å². The number of nitrogens with one attached hydrogen (secondary N) is 1. The molecule has 0 aliphatic carbocycles. The fourth-order valence-electron chi connectivity index (χ4n) is 2.46. The third-order valence-electron chi connectivity index (χ3n) is 3.73. The van der Waals surface area contributed by atoms with Crippen molar-refractivity contribution in [3.8, 4) is 11.5 Å². The number of alkyl halides is 2. The average molecular weight is 405 g/mol. The molecule has 0 unspecified atom stereocenters. The highest BCUT2D eigenvalue weighted by molar-refractivity contribution is 7.98. The van der Waals surface area contributed by atoms with Gasteiger partial charge in [-0.25, -0.2) is 0 Å². The molecule has 0 aliphatic heterocycles. The van der Waals surface area contributed by atoms with Gasteiger partial charge in [-0.05, 0) is 30.3 Å². The predicted molar refractivity (Wildman–Crippen MR) is 102 cm³/mol. The smallest absolute Gasteiger partial charge is 0.387 e. The molecule has 5 nitrogen and oxygen atoms in total. The molecule has 0 atom stereocenters. The molecule has 1 heterocycles. The van der Waals surface area contributed by atoms with Gasteiger partial charge in [-0.3, -0.25) is 4.79 Å². The van der Waals surface area contributed by atoms with Crippen LogP contribution < -0.4 is 14.8 Å². The maximum absolute atomic E-state index is 12.6. The SMILES string of the molecule is COc1ccc(NC(=O)c2occc2CSc2ccccc2)cc1OC(F)F. The zero-order valence-corrected chi connectivity index (χ0v) is 15.7. The number of rotatable bonds is 8. The summed E-state index contributed by atoms with van der Waals surface area (Å²) in [6.07, 6.45) is 1.44. The summed E-state index contributed by atoms with van der Waals surface area (Å²) in [5, 5.41) is 2.63. The number of thioether (sulfide) groups is 1. The molecule has 3 aromatic rings. The van der Waals surface area contributed by atoms with Crippen LogP contribution in [0.5, 0.6) is 11.5 Å². The van der Waals surface area contributed by atoms with E-state index in [1.165, 1.54) is 31.6 Å². The van der Waals surface area contributed by atoms with E-state index < -0.39 is 12.5 Å². The van der Waals surface area contributed by atoms with E-state index in [2.05, 4.69) is 10.1 Å². The molecular formula is C20H17F2NO4S. The van der Waals surface area contributed by atoms with Gasteiger partial charge < -0.3 is 19.2 Å². The standard InChI is InChI=1S/C20H17F2NO4S/c1-25-16-8-7-14(11-17(16)27-20(21)22)23-19(24)18-13(9-10-26-18)12-28-15-5-3-2-4-6-15/h2-11,20H,12H2,1H3,(H,23,24). The Hall–Kier alpha value is -3.00. The van der Waals surface area contributed by atoms with Crippen LogP contribution in [0.2, 0.25) is 0 Å². The van der Waals surface area contributed by atoms with Gasteiger partial charge in [-0.15, -0.1) is 11.8 Å². The highest BCUT2D eigenvalue weighted by Gasteiger charge is 2.17. The largest absolute Gasteiger partial charge is 0.493 e. The minimum atomic E-state index is -3.01. The zero-order chi connectivity index (χ0) is 19.9. The van der Waals surface area contributed by atoms with Crippen molar-refractivity contribution in [3.63, 3.8) is 0 Å². The van der Waals surface area contributed by atoms with Gasteiger partial charge in [0, 0.05) is 28.0 Å². The summed E-state index contributed by atoms with van der Waals surface area (Å²) in [6, 6.07) is 15.7. The number of amides is 1. The molecule has 1 N–H and O–H groups in total. The van der Waals surface area contributed by atoms with Crippen molar-refractivity contribution < 1.29 is 27.5 Å². The predicted octanol–water partition coefficient (Wildman–Crippen LogP) is 5.43. The van der Waals surface area contributed by atoms with Crippen molar-refractivity contribution in [2.45, 2.75) is 17.3 Å². The van der Waals surface area contributed by atoms with Crippen molar-refractivity contribution >= 4 is 23.4 Å². The number of benzene rings is 2. The molecule has 2 aromatic carbocycles. The first-order valence-electron chi connectivity index (χ1n) is 8.25. The molecule has 0 bridgehead atoms.